The number of nitrogens with zero attached hydrogens (tertiary/aromatic N) is 2. The molecule has 24 heavy (non-hydrogen) atoms. The summed E-state index contributed by atoms with van der Waals surface area (Å²) < 4.78 is 5.46. The van der Waals surface area contributed by atoms with Crippen molar-refractivity contribution < 1.29 is 14.0 Å². The Labute approximate surface area is 140 Å². The summed E-state index contributed by atoms with van der Waals surface area (Å²) in [6.07, 6.45) is 3.35. The van der Waals surface area contributed by atoms with Crippen LogP contribution in [0.3, 0.4) is 0 Å². The molecule has 1 N–H and O–H groups in total. The van der Waals surface area contributed by atoms with Crippen LogP contribution in [0.5, 0.6) is 0 Å². The zero-order chi connectivity index (χ0) is 16.9. The third-order valence-electron chi connectivity index (χ3n) is 4.12. The summed E-state index contributed by atoms with van der Waals surface area (Å²) in [5.41, 5.74) is 0.442. The first-order valence-corrected chi connectivity index (χ1v) is 8.17. The van der Waals surface area contributed by atoms with E-state index in [-0.39, 0.29) is 17.9 Å². The average Bonchev–Trinajstić information content (AvgIpc) is 3.22. The van der Waals surface area contributed by atoms with Gasteiger partial charge in [0.05, 0.1) is 0 Å². The van der Waals surface area contributed by atoms with Crippen molar-refractivity contribution in [2.75, 3.05) is 13.1 Å². The molecule has 1 fully saturated rings. The summed E-state index contributed by atoms with van der Waals surface area (Å²) >= 11 is 0. The van der Waals surface area contributed by atoms with Crippen LogP contribution in [0.1, 0.15) is 34.9 Å². The van der Waals surface area contributed by atoms with E-state index in [1.165, 1.54) is 0 Å². The number of likely N-dealkylation sites (tertiary alicyclic amines) is 1. The van der Waals surface area contributed by atoms with Crippen LogP contribution in [0.4, 0.5) is 0 Å². The number of rotatable bonds is 5. The molecule has 6 heteroatoms. The van der Waals surface area contributed by atoms with Crippen LogP contribution in [0.2, 0.25) is 0 Å². The zero-order valence-corrected chi connectivity index (χ0v) is 13.7. The highest BCUT2D eigenvalue weighted by atomic mass is 16.3. The molecule has 0 aromatic carbocycles. The van der Waals surface area contributed by atoms with Gasteiger partial charge in [-0.15, -0.1) is 0 Å². The third-order valence-corrected chi connectivity index (χ3v) is 4.12. The van der Waals surface area contributed by atoms with Gasteiger partial charge in [-0.3, -0.25) is 14.6 Å². The molecule has 0 saturated carbocycles. The van der Waals surface area contributed by atoms with Gasteiger partial charge in [0.2, 0.25) is 5.91 Å². The second-order valence-electron chi connectivity index (χ2n) is 6.03. The van der Waals surface area contributed by atoms with Crippen molar-refractivity contribution in [1.82, 2.24) is 15.2 Å². The second kappa shape index (κ2) is 7.29. The lowest BCUT2D eigenvalue weighted by molar-refractivity contribution is -0.121. The van der Waals surface area contributed by atoms with E-state index < -0.39 is 0 Å². The van der Waals surface area contributed by atoms with Gasteiger partial charge in [-0.05, 0) is 37.6 Å². The number of hydrogen-bond acceptors (Lipinski definition) is 4. The van der Waals surface area contributed by atoms with Gasteiger partial charge in [-0.2, -0.15) is 0 Å². The molecule has 0 spiro atoms. The molecule has 126 valence electrons. The molecule has 2 amide bonds. The van der Waals surface area contributed by atoms with Crippen LogP contribution in [0.15, 0.2) is 40.9 Å². The summed E-state index contributed by atoms with van der Waals surface area (Å²) in [6, 6.07) is 9.08. The van der Waals surface area contributed by atoms with Gasteiger partial charge in [0, 0.05) is 38.2 Å². The van der Waals surface area contributed by atoms with Crippen LogP contribution in [0.25, 0.3) is 0 Å². The minimum atomic E-state index is -0.0848. The zero-order valence-electron chi connectivity index (χ0n) is 13.7. The lowest BCUT2D eigenvalue weighted by Crippen LogP contribution is -2.38. The van der Waals surface area contributed by atoms with Gasteiger partial charge in [0.25, 0.3) is 5.91 Å². The first-order chi connectivity index (χ1) is 11.6. The number of aromatic nitrogens is 1. The van der Waals surface area contributed by atoms with Gasteiger partial charge in [0.1, 0.15) is 17.2 Å². The summed E-state index contributed by atoms with van der Waals surface area (Å²) in [5, 5.41) is 3.00. The second-order valence-corrected chi connectivity index (χ2v) is 6.03. The maximum absolute atomic E-state index is 12.3. The quantitative estimate of drug-likeness (QED) is 0.911. The fourth-order valence-corrected chi connectivity index (χ4v) is 2.87. The van der Waals surface area contributed by atoms with E-state index in [2.05, 4.69) is 10.3 Å². The lowest BCUT2D eigenvalue weighted by atomic mass is 10.2. The molecule has 0 aliphatic carbocycles. The van der Waals surface area contributed by atoms with Crippen LogP contribution < -0.4 is 5.32 Å². The Bertz CT molecular complexity index is 711. The van der Waals surface area contributed by atoms with E-state index in [1.54, 1.807) is 29.3 Å². The highest BCUT2D eigenvalue weighted by Crippen LogP contribution is 2.13. The van der Waals surface area contributed by atoms with Gasteiger partial charge in [0.15, 0.2) is 0 Å². The van der Waals surface area contributed by atoms with E-state index in [0.29, 0.717) is 31.6 Å². The number of hydrogen-bond donors (Lipinski definition) is 1. The lowest BCUT2D eigenvalue weighted by Gasteiger charge is -2.16. The van der Waals surface area contributed by atoms with Crippen molar-refractivity contribution in [3.8, 4) is 0 Å². The van der Waals surface area contributed by atoms with Crippen LogP contribution >= 0.6 is 0 Å². The van der Waals surface area contributed by atoms with Crippen molar-refractivity contribution in [3.63, 3.8) is 0 Å². The van der Waals surface area contributed by atoms with Gasteiger partial charge < -0.3 is 14.6 Å². The van der Waals surface area contributed by atoms with Gasteiger partial charge >= 0.3 is 0 Å². The standard InChI is InChI=1S/C18H21N3O3/c1-13-5-6-15(24-13)7-8-17(22)20-14-9-11-21(12-14)18(23)16-4-2-3-10-19-16/h2-6,10,14H,7-9,11-12H2,1H3,(H,20,22). The summed E-state index contributed by atoms with van der Waals surface area (Å²) in [4.78, 5) is 30.2. The Morgan fingerprint density at radius 3 is 2.92 bits per heavy atom. The Morgan fingerprint density at radius 1 is 1.33 bits per heavy atom. The number of carbonyl (C=O) groups excluding carboxylic acids is 2. The number of amides is 2. The molecule has 1 aliphatic heterocycles. The molecule has 3 rings (SSSR count). The van der Waals surface area contributed by atoms with Crippen LogP contribution in [-0.2, 0) is 11.2 Å². The Hall–Kier alpha value is -2.63. The third kappa shape index (κ3) is 4.01. The normalized spacial score (nSPS) is 17.0. The molecular weight excluding hydrogens is 306 g/mol. The molecule has 2 aromatic heterocycles. The average molecular weight is 327 g/mol. The SMILES string of the molecule is Cc1ccc(CCC(=O)NC2CCN(C(=O)c3ccccn3)C2)o1. The molecule has 1 aliphatic rings. The van der Waals surface area contributed by atoms with E-state index in [0.717, 1.165) is 17.9 Å². The summed E-state index contributed by atoms with van der Waals surface area (Å²) in [6.45, 7) is 3.05. The maximum Gasteiger partial charge on any atom is 0.272 e. The topological polar surface area (TPSA) is 75.4 Å². The van der Waals surface area contributed by atoms with E-state index >= 15 is 0 Å². The van der Waals surface area contributed by atoms with Crippen LogP contribution in [-0.4, -0.2) is 40.8 Å². The van der Waals surface area contributed by atoms with Crippen LogP contribution in [0, 0.1) is 6.92 Å². The Kier molecular flexibility index (Phi) is 4.93. The highest BCUT2D eigenvalue weighted by molar-refractivity contribution is 5.92. The molecule has 6 nitrogen and oxygen atoms in total. The molecule has 1 atom stereocenters. The molecule has 0 bridgehead atoms. The number of furan rings is 1. The van der Waals surface area contributed by atoms with Crippen molar-refractivity contribution in [3.05, 3.63) is 53.7 Å². The maximum atomic E-state index is 12.3. The van der Waals surface area contributed by atoms with E-state index in [1.807, 2.05) is 19.1 Å². The first-order valence-electron chi connectivity index (χ1n) is 8.17. The molecule has 0 radical (unpaired) electrons. The fraction of sp³-hybridized carbons (Fsp3) is 0.389. The summed E-state index contributed by atoms with van der Waals surface area (Å²) in [5.74, 6) is 1.57. The largest absolute Gasteiger partial charge is 0.466 e. The smallest absolute Gasteiger partial charge is 0.272 e. The predicted molar refractivity (Wildman–Crippen MR) is 88.5 cm³/mol. The first kappa shape index (κ1) is 16.2. The molecule has 2 aromatic rings. The number of aryl methyl sites for hydroxylation is 2. The highest BCUT2D eigenvalue weighted by Gasteiger charge is 2.28. The predicted octanol–water partition coefficient (Wildman–Crippen LogP) is 1.95. The Balaban J connectivity index is 1.45. The Morgan fingerprint density at radius 2 is 2.21 bits per heavy atom. The number of nitrogens with one attached hydrogen (secondary N) is 1. The molecular formula is C18H21N3O3. The van der Waals surface area contributed by atoms with E-state index in [9.17, 15) is 9.59 Å². The van der Waals surface area contributed by atoms with E-state index in [4.69, 9.17) is 4.42 Å². The van der Waals surface area contributed by atoms with Gasteiger partial charge in [-0.1, -0.05) is 6.07 Å². The molecule has 1 unspecified atom stereocenters. The molecule has 3 heterocycles. The minimum absolute atomic E-state index is 0.00324. The van der Waals surface area contributed by atoms with Crippen molar-refractivity contribution in [2.24, 2.45) is 0 Å². The molecule has 1 saturated heterocycles. The summed E-state index contributed by atoms with van der Waals surface area (Å²) in [7, 11) is 0. The monoisotopic (exact) mass is 327 g/mol. The van der Waals surface area contributed by atoms with Gasteiger partial charge in [-0.25, -0.2) is 0 Å². The number of carbonyl (C=O) groups is 2. The number of pyridine rings is 1. The minimum Gasteiger partial charge on any atom is -0.466 e. The van der Waals surface area contributed by atoms with Crippen molar-refractivity contribution in [1.29, 1.82) is 0 Å². The fourth-order valence-electron chi connectivity index (χ4n) is 2.87. The van der Waals surface area contributed by atoms with Crippen molar-refractivity contribution in [2.45, 2.75) is 32.2 Å². The van der Waals surface area contributed by atoms with Crippen molar-refractivity contribution >= 4 is 11.8 Å².